The topological polar surface area (TPSA) is 115 Å². The SMILES string of the molecule is CCC(CS(=O)(=O)c1ccccc1)NC(=O)CCc1nc(-c2ccncc2)no1. The molecule has 1 N–H and O–H groups in total. The highest BCUT2D eigenvalue weighted by Crippen LogP contribution is 2.15. The number of carbonyl (C=O) groups is 1. The Kier molecular flexibility index (Phi) is 6.71. The Morgan fingerprint density at radius 1 is 1.14 bits per heavy atom. The van der Waals surface area contributed by atoms with Crippen LogP contribution in [0.4, 0.5) is 0 Å². The first-order valence-electron chi connectivity index (χ1n) is 9.28. The van der Waals surface area contributed by atoms with Gasteiger partial charge in [0.15, 0.2) is 9.84 Å². The second-order valence-electron chi connectivity index (χ2n) is 6.51. The molecule has 0 fully saturated rings. The number of aryl methyl sites for hydroxylation is 1. The largest absolute Gasteiger partial charge is 0.352 e. The minimum Gasteiger partial charge on any atom is -0.352 e. The standard InChI is InChI=1S/C20H22N4O4S/c1-2-16(14-29(26,27)17-6-4-3-5-7-17)22-18(25)8-9-19-23-20(24-28-19)15-10-12-21-13-11-15/h3-7,10-13,16H,2,8-9,14H2,1H3,(H,22,25). The predicted octanol–water partition coefficient (Wildman–Crippen LogP) is 2.43. The van der Waals surface area contributed by atoms with Crippen molar-refractivity contribution < 1.29 is 17.7 Å². The van der Waals surface area contributed by atoms with Gasteiger partial charge in [-0.3, -0.25) is 9.78 Å². The molecule has 0 aliphatic rings. The molecule has 2 heterocycles. The van der Waals surface area contributed by atoms with Crippen LogP contribution in [0.2, 0.25) is 0 Å². The van der Waals surface area contributed by atoms with Crippen molar-refractivity contribution in [2.75, 3.05) is 5.75 Å². The Morgan fingerprint density at radius 3 is 2.55 bits per heavy atom. The van der Waals surface area contributed by atoms with Gasteiger partial charge in [0.05, 0.1) is 10.6 Å². The molecule has 0 aliphatic carbocycles. The number of nitrogens with one attached hydrogen (secondary N) is 1. The maximum atomic E-state index is 12.5. The Morgan fingerprint density at radius 2 is 1.86 bits per heavy atom. The number of pyridine rings is 1. The van der Waals surface area contributed by atoms with Crippen molar-refractivity contribution in [2.45, 2.75) is 37.1 Å². The monoisotopic (exact) mass is 414 g/mol. The van der Waals surface area contributed by atoms with E-state index < -0.39 is 15.9 Å². The summed E-state index contributed by atoms with van der Waals surface area (Å²) in [5.41, 5.74) is 0.775. The quantitative estimate of drug-likeness (QED) is 0.572. The first kappa shape index (κ1) is 20.7. The molecule has 0 radical (unpaired) electrons. The van der Waals surface area contributed by atoms with E-state index in [0.717, 1.165) is 5.56 Å². The zero-order valence-electron chi connectivity index (χ0n) is 16.0. The lowest BCUT2D eigenvalue weighted by molar-refractivity contribution is -0.121. The number of sulfone groups is 1. The number of rotatable bonds is 9. The lowest BCUT2D eigenvalue weighted by atomic mass is 10.2. The van der Waals surface area contributed by atoms with Gasteiger partial charge < -0.3 is 9.84 Å². The van der Waals surface area contributed by atoms with Gasteiger partial charge in [-0.2, -0.15) is 4.98 Å². The molecule has 3 rings (SSSR count). The maximum Gasteiger partial charge on any atom is 0.227 e. The van der Waals surface area contributed by atoms with E-state index in [4.69, 9.17) is 4.52 Å². The average molecular weight is 414 g/mol. The van der Waals surface area contributed by atoms with Crippen LogP contribution in [-0.4, -0.2) is 41.2 Å². The van der Waals surface area contributed by atoms with Crippen molar-refractivity contribution in [2.24, 2.45) is 0 Å². The summed E-state index contributed by atoms with van der Waals surface area (Å²) in [6.07, 6.45) is 4.16. The summed E-state index contributed by atoms with van der Waals surface area (Å²) in [6, 6.07) is 11.3. The molecule has 1 aromatic carbocycles. The summed E-state index contributed by atoms with van der Waals surface area (Å²) in [7, 11) is -3.47. The van der Waals surface area contributed by atoms with Crippen LogP contribution in [-0.2, 0) is 21.1 Å². The highest BCUT2D eigenvalue weighted by atomic mass is 32.2. The van der Waals surface area contributed by atoms with E-state index in [0.29, 0.717) is 18.1 Å². The Labute approximate surface area is 169 Å². The molecule has 9 heteroatoms. The highest BCUT2D eigenvalue weighted by Gasteiger charge is 2.21. The van der Waals surface area contributed by atoms with Gasteiger partial charge in [0.25, 0.3) is 0 Å². The van der Waals surface area contributed by atoms with Crippen LogP contribution in [0.1, 0.15) is 25.7 Å². The highest BCUT2D eigenvalue weighted by molar-refractivity contribution is 7.91. The van der Waals surface area contributed by atoms with Crippen molar-refractivity contribution in [3.05, 3.63) is 60.7 Å². The first-order chi connectivity index (χ1) is 14.0. The summed E-state index contributed by atoms with van der Waals surface area (Å²) < 4.78 is 30.2. The van der Waals surface area contributed by atoms with E-state index in [1.165, 1.54) is 0 Å². The van der Waals surface area contributed by atoms with E-state index >= 15 is 0 Å². The minimum atomic E-state index is -3.47. The number of carbonyl (C=O) groups excluding carboxylic acids is 1. The summed E-state index contributed by atoms with van der Waals surface area (Å²) in [6.45, 7) is 1.84. The van der Waals surface area contributed by atoms with Gasteiger partial charge in [-0.25, -0.2) is 8.42 Å². The number of hydrogen-bond acceptors (Lipinski definition) is 7. The Hall–Kier alpha value is -3.07. The van der Waals surface area contributed by atoms with E-state index in [9.17, 15) is 13.2 Å². The smallest absolute Gasteiger partial charge is 0.227 e. The minimum absolute atomic E-state index is 0.125. The first-order valence-corrected chi connectivity index (χ1v) is 10.9. The van der Waals surface area contributed by atoms with Crippen LogP contribution in [0.3, 0.4) is 0 Å². The van der Waals surface area contributed by atoms with Crippen molar-refractivity contribution in [1.29, 1.82) is 0 Å². The molecule has 2 aromatic heterocycles. The van der Waals surface area contributed by atoms with Gasteiger partial charge in [0.1, 0.15) is 0 Å². The molecule has 3 aromatic rings. The third-order valence-electron chi connectivity index (χ3n) is 4.35. The number of hydrogen-bond donors (Lipinski definition) is 1. The number of amides is 1. The van der Waals surface area contributed by atoms with E-state index in [1.807, 2.05) is 6.92 Å². The summed E-state index contributed by atoms with van der Waals surface area (Å²) in [4.78, 5) is 20.7. The van der Waals surface area contributed by atoms with E-state index in [2.05, 4.69) is 20.4 Å². The molecule has 152 valence electrons. The fraction of sp³-hybridized carbons (Fsp3) is 0.300. The maximum absolute atomic E-state index is 12.5. The lowest BCUT2D eigenvalue weighted by Crippen LogP contribution is -2.39. The molecule has 29 heavy (non-hydrogen) atoms. The van der Waals surface area contributed by atoms with Crippen LogP contribution in [0.25, 0.3) is 11.4 Å². The predicted molar refractivity (Wildman–Crippen MR) is 107 cm³/mol. The van der Waals surface area contributed by atoms with Crippen LogP contribution in [0.15, 0.2) is 64.3 Å². The van der Waals surface area contributed by atoms with Crippen LogP contribution in [0, 0.1) is 0 Å². The molecule has 0 saturated carbocycles. The van der Waals surface area contributed by atoms with Crippen molar-refractivity contribution in [3.63, 3.8) is 0 Å². The third kappa shape index (κ3) is 5.71. The summed E-state index contributed by atoms with van der Waals surface area (Å²) in [5.74, 6) is 0.371. The zero-order valence-corrected chi connectivity index (χ0v) is 16.8. The van der Waals surface area contributed by atoms with Gasteiger partial charge in [-0.1, -0.05) is 30.3 Å². The average Bonchev–Trinajstić information content (AvgIpc) is 3.22. The molecule has 1 amide bonds. The lowest BCUT2D eigenvalue weighted by Gasteiger charge is -2.17. The van der Waals surface area contributed by atoms with Crippen molar-refractivity contribution in [1.82, 2.24) is 20.4 Å². The van der Waals surface area contributed by atoms with Crippen LogP contribution in [0.5, 0.6) is 0 Å². The third-order valence-corrected chi connectivity index (χ3v) is 6.18. The fourth-order valence-corrected chi connectivity index (χ4v) is 4.36. The molecular formula is C20H22N4O4S. The van der Waals surface area contributed by atoms with Gasteiger partial charge in [-0.15, -0.1) is 0 Å². The van der Waals surface area contributed by atoms with Gasteiger partial charge in [0.2, 0.25) is 17.6 Å². The number of benzene rings is 1. The van der Waals surface area contributed by atoms with Crippen molar-refractivity contribution in [3.8, 4) is 11.4 Å². The van der Waals surface area contributed by atoms with E-state index in [1.54, 1.807) is 54.9 Å². The number of aromatic nitrogens is 3. The van der Waals surface area contributed by atoms with Gasteiger partial charge in [-0.05, 0) is 30.7 Å². The summed E-state index contributed by atoms with van der Waals surface area (Å²) in [5, 5.41) is 6.68. The van der Waals surface area contributed by atoms with E-state index in [-0.39, 0.29) is 29.4 Å². The molecule has 0 aliphatic heterocycles. The molecule has 0 spiro atoms. The van der Waals surface area contributed by atoms with Crippen molar-refractivity contribution >= 4 is 15.7 Å². The van der Waals surface area contributed by atoms with Gasteiger partial charge >= 0.3 is 0 Å². The number of nitrogens with zero attached hydrogens (tertiary/aromatic N) is 3. The van der Waals surface area contributed by atoms with Gasteiger partial charge in [0, 0.05) is 36.8 Å². The Balaban J connectivity index is 1.54. The molecule has 0 saturated heterocycles. The van der Waals surface area contributed by atoms with Crippen LogP contribution >= 0.6 is 0 Å². The molecule has 0 bridgehead atoms. The second kappa shape index (κ2) is 9.42. The Bertz CT molecular complexity index is 1040. The molecule has 8 nitrogen and oxygen atoms in total. The molecule has 1 atom stereocenters. The van der Waals surface area contributed by atoms with Crippen LogP contribution < -0.4 is 5.32 Å². The molecular weight excluding hydrogens is 392 g/mol. The zero-order chi connectivity index (χ0) is 20.7. The second-order valence-corrected chi connectivity index (χ2v) is 8.55. The fourth-order valence-electron chi connectivity index (χ4n) is 2.75. The summed E-state index contributed by atoms with van der Waals surface area (Å²) >= 11 is 0. The molecule has 1 unspecified atom stereocenters. The normalized spacial score (nSPS) is 12.4.